The van der Waals surface area contributed by atoms with E-state index in [1.807, 2.05) is 6.92 Å². The minimum atomic E-state index is -0.352. The van der Waals surface area contributed by atoms with Crippen molar-refractivity contribution in [2.45, 2.75) is 51.2 Å². The smallest absolute Gasteiger partial charge is 0.338 e. The van der Waals surface area contributed by atoms with Crippen LogP contribution in [-0.4, -0.2) is 34.2 Å². The zero-order valence-corrected chi connectivity index (χ0v) is 20.2. The Kier molecular flexibility index (Phi) is 7.82. The van der Waals surface area contributed by atoms with Crippen LogP contribution in [0.15, 0.2) is 29.1 Å². The molecule has 0 saturated heterocycles. The summed E-state index contributed by atoms with van der Waals surface area (Å²) in [7, 11) is 0. The maximum absolute atomic E-state index is 12.5. The van der Waals surface area contributed by atoms with Gasteiger partial charge in [0.05, 0.1) is 23.3 Å². The highest BCUT2D eigenvalue weighted by molar-refractivity contribution is 7.98. The number of thioether (sulfide) groups is 1. The number of benzene rings is 1. The molecule has 2 aromatic heterocycles. The van der Waals surface area contributed by atoms with Gasteiger partial charge in [-0.05, 0) is 55.5 Å². The largest absolute Gasteiger partial charge is 0.462 e. The maximum atomic E-state index is 12.5. The Morgan fingerprint density at radius 1 is 1.24 bits per heavy atom. The Hall–Kier alpha value is -2.65. The van der Waals surface area contributed by atoms with Gasteiger partial charge in [0.25, 0.3) is 5.56 Å². The second-order valence-corrected chi connectivity index (χ2v) is 10.2. The van der Waals surface area contributed by atoms with Gasteiger partial charge in [-0.25, -0.2) is 9.78 Å². The Morgan fingerprint density at radius 3 is 2.85 bits per heavy atom. The minimum absolute atomic E-state index is 0.0505. The number of esters is 1. The summed E-state index contributed by atoms with van der Waals surface area (Å²) in [5, 5.41) is 3.60. The summed E-state index contributed by atoms with van der Waals surface area (Å²) >= 11 is 3.19. The predicted molar refractivity (Wildman–Crippen MR) is 133 cm³/mol. The predicted octanol–water partition coefficient (Wildman–Crippen LogP) is 4.69. The molecule has 2 heterocycles. The van der Waals surface area contributed by atoms with Crippen LogP contribution in [0.4, 0.5) is 5.69 Å². The Balaban J connectivity index is 1.22. The molecule has 1 aromatic carbocycles. The number of hydrogen-bond donors (Lipinski definition) is 2. The lowest BCUT2D eigenvalue weighted by Crippen LogP contribution is -2.13. The number of anilines is 1. The molecule has 33 heavy (non-hydrogen) atoms. The van der Waals surface area contributed by atoms with E-state index >= 15 is 0 Å². The number of H-pyrrole nitrogens is 1. The molecule has 0 bridgehead atoms. The number of carbonyl (C=O) groups excluding carboxylic acids is 2. The zero-order valence-electron chi connectivity index (χ0n) is 18.6. The fraction of sp³-hybridized carbons (Fsp3) is 0.417. The molecular formula is C24H27N3O4S2. The molecule has 4 rings (SSSR count). The highest BCUT2D eigenvalue weighted by Crippen LogP contribution is 2.34. The molecule has 3 aromatic rings. The van der Waals surface area contributed by atoms with E-state index in [2.05, 4.69) is 15.3 Å². The monoisotopic (exact) mass is 485 g/mol. The van der Waals surface area contributed by atoms with Gasteiger partial charge >= 0.3 is 5.97 Å². The second-order valence-electron chi connectivity index (χ2n) is 7.97. The fourth-order valence-corrected chi connectivity index (χ4v) is 5.84. The molecule has 0 unspecified atom stereocenters. The van der Waals surface area contributed by atoms with E-state index in [-0.39, 0.29) is 17.4 Å². The number of ether oxygens (including phenoxy) is 1. The number of fused-ring (bicyclic) bond motifs is 3. The van der Waals surface area contributed by atoms with Crippen molar-refractivity contribution >= 4 is 50.9 Å². The molecule has 9 heteroatoms. The number of nitrogens with one attached hydrogen (secondary N) is 2. The first-order chi connectivity index (χ1) is 16.0. The summed E-state index contributed by atoms with van der Waals surface area (Å²) in [5.74, 6) is 1.35. The van der Waals surface area contributed by atoms with Crippen LogP contribution >= 0.6 is 23.1 Å². The number of unbranched alkanes of at least 4 members (excludes halogenated alkanes) is 1. The van der Waals surface area contributed by atoms with Crippen molar-refractivity contribution in [2.24, 2.45) is 0 Å². The lowest BCUT2D eigenvalue weighted by atomic mass is 10.2. The molecule has 0 atom stereocenters. The summed E-state index contributed by atoms with van der Waals surface area (Å²) < 4.78 is 5.18. The van der Waals surface area contributed by atoms with Gasteiger partial charge in [0.2, 0.25) is 5.91 Å². The number of amides is 1. The lowest BCUT2D eigenvalue weighted by molar-refractivity contribution is -0.115. The Bertz CT molecular complexity index is 1200. The van der Waals surface area contributed by atoms with Crippen LogP contribution in [0.3, 0.4) is 0 Å². The van der Waals surface area contributed by atoms with Crippen LogP contribution in [0.5, 0.6) is 0 Å². The number of nitrogens with zero attached hydrogens (tertiary/aromatic N) is 1. The molecule has 1 aliphatic carbocycles. The third-order valence-electron chi connectivity index (χ3n) is 5.47. The molecule has 0 aliphatic heterocycles. The molecule has 0 radical (unpaired) electrons. The van der Waals surface area contributed by atoms with Gasteiger partial charge in [-0.15, -0.1) is 11.3 Å². The first kappa shape index (κ1) is 23.5. The number of aryl methyl sites for hydroxylation is 2. The van der Waals surface area contributed by atoms with Gasteiger partial charge in [0, 0.05) is 22.7 Å². The summed E-state index contributed by atoms with van der Waals surface area (Å²) in [6.45, 7) is 2.45. The van der Waals surface area contributed by atoms with Crippen LogP contribution < -0.4 is 10.9 Å². The van der Waals surface area contributed by atoms with Crippen molar-refractivity contribution in [3.63, 3.8) is 0 Å². The van der Waals surface area contributed by atoms with E-state index in [9.17, 15) is 14.4 Å². The summed E-state index contributed by atoms with van der Waals surface area (Å²) in [6.07, 6.45) is 5.28. The minimum Gasteiger partial charge on any atom is -0.462 e. The van der Waals surface area contributed by atoms with Crippen LogP contribution in [0, 0.1) is 0 Å². The van der Waals surface area contributed by atoms with E-state index in [1.165, 1.54) is 10.4 Å². The van der Waals surface area contributed by atoms with Gasteiger partial charge in [-0.2, -0.15) is 11.8 Å². The molecule has 0 fully saturated rings. The molecule has 1 aliphatic rings. The van der Waals surface area contributed by atoms with E-state index in [4.69, 9.17) is 4.74 Å². The third kappa shape index (κ3) is 5.83. The highest BCUT2D eigenvalue weighted by atomic mass is 32.2. The molecule has 2 N–H and O–H groups in total. The molecule has 7 nitrogen and oxygen atoms in total. The molecule has 1 amide bonds. The highest BCUT2D eigenvalue weighted by Gasteiger charge is 2.21. The maximum Gasteiger partial charge on any atom is 0.338 e. The Morgan fingerprint density at radius 2 is 2.06 bits per heavy atom. The van der Waals surface area contributed by atoms with Crippen LogP contribution in [0.2, 0.25) is 0 Å². The first-order valence-corrected chi connectivity index (χ1v) is 13.2. The van der Waals surface area contributed by atoms with E-state index in [0.29, 0.717) is 41.6 Å². The van der Waals surface area contributed by atoms with Gasteiger partial charge in [0.15, 0.2) is 0 Å². The number of aromatic amines is 1. The van der Waals surface area contributed by atoms with Crippen molar-refractivity contribution in [2.75, 3.05) is 17.7 Å². The number of aromatic nitrogens is 2. The van der Waals surface area contributed by atoms with Crippen molar-refractivity contribution in [3.05, 3.63) is 56.4 Å². The number of rotatable bonds is 10. The molecule has 174 valence electrons. The average Bonchev–Trinajstić information content (AvgIpc) is 3.38. The molecule has 0 spiro atoms. The average molecular weight is 486 g/mol. The Labute approximate surface area is 200 Å². The van der Waals surface area contributed by atoms with Gasteiger partial charge in [-0.3, -0.25) is 9.59 Å². The van der Waals surface area contributed by atoms with E-state index < -0.39 is 0 Å². The third-order valence-corrected chi connectivity index (χ3v) is 7.63. The number of carbonyl (C=O) groups is 2. The van der Waals surface area contributed by atoms with Crippen LogP contribution in [0.1, 0.15) is 59.2 Å². The summed E-state index contributed by atoms with van der Waals surface area (Å²) in [6, 6.07) is 6.70. The lowest BCUT2D eigenvalue weighted by Gasteiger charge is -2.07. The zero-order chi connectivity index (χ0) is 23.2. The summed E-state index contributed by atoms with van der Waals surface area (Å²) in [5.41, 5.74) is 2.23. The topological polar surface area (TPSA) is 101 Å². The van der Waals surface area contributed by atoms with Crippen molar-refractivity contribution in [1.82, 2.24) is 9.97 Å². The van der Waals surface area contributed by atoms with Crippen LogP contribution in [-0.2, 0) is 28.1 Å². The SMILES string of the molecule is CCCCOC(=O)c1ccc(NC(=O)CCSCc2nc3sc4c(c3c(=O)[nH]2)CCC4)cc1. The van der Waals surface area contributed by atoms with E-state index in [0.717, 1.165) is 42.3 Å². The quantitative estimate of drug-likeness (QED) is 0.319. The molecule has 0 saturated carbocycles. The normalized spacial score (nSPS) is 12.6. The number of thiophene rings is 1. The number of hydrogen-bond acceptors (Lipinski definition) is 7. The van der Waals surface area contributed by atoms with Crippen molar-refractivity contribution in [3.8, 4) is 0 Å². The standard InChI is InChI=1S/C24H27N3O4S2/c1-2-3-12-31-24(30)15-7-9-16(10-8-15)25-20(28)11-13-32-14-19-26-22(29)21-17-5-4-6-18(17)33-23(21)27-19/h7-10H,2-6,11-14H2,1H3,(H,25,28)(H,26,27,29). The van der Waals surface area contributed by atoms with Gasteiger partial charge in [0.1, 0.15) is 10.7 Å². The van der Waals surface area contributed by atoms with E-state index in [1.54, 1.807) is 47.4 Å². The van der Waals surface area contributed by atoms with Crippen molar-refractivity contribution in [1.29, 1.82) is 0 Å². The van der Waals surface area contributed by atoms with Crippen LogP contribution in [0.25, 0.3) is 10.2 Å². The first-order valence-electron chi connectivity index (χ1n) is 11.2. The fourth-order valence-electron chi connectivity index (χ4n) is 3.75. The van der Waals surface area contributed by atoms with Gasteiger partial charge < -0.3 is 15.0 Å². The summed E-state index contributed by atoms with van der Waals surface area (Å²) in [4.78, 5) is 46.3. The van der Waals surface area contributed by atoms with Gasteiger partial charge in [-0.1, -0.05) is 13.3 Å². The second kappa shape index (κ2) is 11.0. The van der Waals surface area contributed by atoms with Crippen molar-refractivity contribution < 1.29 is 14.3 Å². The molecular weight excluding hydrogens is 458 g/mol.